The number of carbonyl (C=O) groups is 1. The van der Waals surface area contributed by atoms with Crippen LogP contribution in [0.15, 0.2) is 47.4 Å². The van der Waals surface area contributed by atoms with Crippen molar-refractivity contribution in [2.75, 3.05) is 32.5 Å². The Morgan fingerprint density at radius 3 is 2.52 bits per heavy atom. The lowest BCUT2D eigenvalue weighted by Crippen LogP contribution is -2.36. The maximum atomic E-state index is 12.9. The Hall–Kier alpha value is -1.74. The van der Waals surface area contributed by atoms with Gasteiger partial charge in [-0.2, -0.15) is 11.8 Å². The zero-order valence-electron chi connectivity index (χ0n) is 17.5. The van der Waals surface area contributed by atoms with Gasteiger partial charge >= 0.3 is 0 Å². The smallest absolute Gasteiger partial charge is 0.257 e. The van der Waals surface area contributed by atoms with E-state index >= 15 is 0 Å². The lowest BCUT2D eigenvalue weighted by Gasteiger charge is -2.27. The topological polar surface area (TPSA) is 75.7 Å². The molecule has 1 fully saturated rings. The number of rotatable bonds is 9. The molecule has 1 heterocycles. The summed E-state index contributed by atoms with van der Waals surface area (Å²) in [5, 5.41) is 0.694. The number of piperidine rings is 1. The van der Waals surface area contributed by atoms with E-state index in [4.69, 9.17) is 16.3 Å². The van der Waals surface area contributed by atoms with E-state index in [0.29, 0.717) is 36.2 Å². The van der Waals surface area contributed by atoms with Crippen LogP contribution in [0, 0.1) is 0 Å². The molecular weight excluding hydrogens is 456 g/mol. The highest BCUT2D eigenvalue weighted by Gasteiger charge is 2.24. The molecule has 0 aliphatic carbocycles. The van der Waals surface area contributed by atoms with E-state index in [0.717, 1.165) is 30.6 Å². The molecule has 1 amide bonds. The molecule has 0 atom stereocenters. The minimum Gasteiger partial charge on any atom is -0.496 e. The second-order valence-electron chi connectivity index (χ2n) is 7.29. The monoisotopic (exact) mass is 482 g/mol. The maximum absolute atomic E-state index is 12.9. The van der Waals surface area contributed by atoms with Gasteiger partial charge in [-0.1, -0.05) is 23.7 Å². The molecule has 31 heavy (non-hydrogen) atoms. The summed E-state index contributed by atoms with van der Waals surface area (Å²) in [5.74, 6) is 1.59. The summed E-state index contributed by atoms with van der Waals surface area (Å²) in [5.41, 5.74) is 1.41. The summed E-state index contributed by atoms with van der Waals surface area (Å²) in [6.45, 7) is 1.66. The summed E-state index contributed by atoms with van der Waals surface area (Å²) in [7, 11) is -2.25. The Kier molecular flexibility index (Phi) is 8.66. The van der Waals surface area contributed by atoms with Crippen LogP contribution in [0.3, 0.4) is 0 Å². The van der Waals surface area contributed by atoms with Gasteiger partial charge in [-0.15, -0.1) is 0 Å². The number of nitrogens with zero attached hydrogens (tertiary/aromatic N) is 1. The average Bonchev–Trinajstić information content (AvgIpc) is 2.79. The van der Waals surface area contributed by atoms with Gasteiger partial charge in [0.25, 0.3) is 5.91 Å². The number of ether oxygens (including phenoxy) is 1. The maximum Gasteiger partial charge on any atom is 0.257 e. The van der Waals surface area contributed by atoms with Crippen molar-refractivity contribution in [1.82, 2.24) is 9.62 Å². The van der Waals surface area contributed by atoms with Crippen molar-refractivity contribution in [1.29, 1.82) is 0 Å². The molecule has 0 unspecified atom stereocenters. The summed E-state index contributed by atoms with van der Waals surface area (Å²) < 4.78 is 33.4. The van der Waals surface area contributed by atoms with E-state index in [1.807, 2.05) is 24.3 Å². The zero-order chi connectivity index (χ0) is 22.3. The molecule has 3 rings (SSSR count). The van der Waals surface area contributed by atoms with Crippen LogP contribution in [0.4, 0.5) is 0 Å². The van der Waals surface area contributed by atoms with Crippen molar-refractivity contribution in [3.05, 3.63) is 58.6 Å². The molecule has 1 N–H and O–H groups in total. The first-order valence-electron chi connectivity index (χ1n) is 10.2. The van der Waals surface area contributed by atoms with Crippen molar-refractivity contribution in [3.8, 4) is 5.75 Å². The van der Waals surface area contributed by atoms with E-state index in [2.05, 4.69) is 4.72 Å². The fourth-order valence-corrected chi connectivity index (χ4v) is 5.52. The van der Waals surface area contributed by atoms with Crippen molar-refractivity contribution in [2.24, 2.45) is 0 Å². The number of hydrogen-bond donors (Lipinski definition) is 1. The van der Waals surface area contributed by atoms with Crippen molar-refractivity contribution in [3.63, 3.8) is 0 Å². The van der Waals surface area contributed by atoms with Crippen LogP contribution in [-0.4, -0.2) is 51.7 Å². The Balaban J connectivity index is 1.60. The molecule has 1 aliphatic heterocycles. The largest absolute Gasteiger partial charge is 0.496 e. The fraction of sp³-hybridized carbons (Fsp3) is 0.409. The molecular formula is C22H27ClN2O4S2. The highest BCUT2D eigenvalue weighted by atomic mass is 35.5. The number of benzene rings is 2. The molecule has 0 bridgehead atoms. The number of amides is 1. The lowest BCUT2D eigenvalue weighted by molar-refractivity contribution is 0.0720. The fourth-order valence-electron chi connectivity index (χ4n) is 3.39. The Morgan fingerprint density at radius 2 is 1.84 bits per heavy atom. The number of sulfonamides is 1. The van der Waals surface area contributed by atoms with Crippen LogP contribution in [0.25, 0.3) is 0 Å². The SMILES string of the molecule is COc1ccc(S(=O)(=O)NCCSCc2ccc(Cl)cc2)cc1C(=O)N1CCCCC1. The van der Waals surface area contributed by atoms with Gasteiger partial charge < -0.3 is 9.64 Å². The first kappa shape index (κ1) is 23.9. The highest BCUT2D eigenvalue weighted by Crippen LogP contribution is 2.25. The second-order valence-corrected chi connectivity index (χ2v) is 10.6. The summed E-state index contributed by atoms with van der Waals surface area (Å²) in [6, 6.07) is 12.0. The molecule has 1 aliphatic rings. The number of methoxy groups -OCH3 is 1. The molecule has 9 heteroatoms. The number of hydrogen-bond acceptors (Lipinski definition) is 5. The van der Waals surface area contributed by atoms with Crippen LogP contribution < -0.4 is 9.46 Å². The lowest BCUT2D eigenvalue weighted by atomic mass is 10.1. The van der Waals surface area contributed by atoms with Gasteiger partial charge in [-0.3, -0.25) is 4.79 Å². The Labute approximate surface area is 193 Å². The Bertz CT molecular complexity index is 991. The normalized spacial score (nSPS) is 14.5. The minimum absolute atomic E-state index is 0.0661. The van der Waals surface area contributed by atoms with Crippen LogP contribution in [0.1, 0.15) is 35.2 Å². The molecule has 168 valence electrons. The van der Waals surface area contributed by atoms with Crippen LogP contribution in [0.5, 0.6) is 5.75 Å². The molecule has 0 radical (unpaired) electrons. The number of carbonyl (C=O) groups excluding carboxylic acids is 1. The highest BCUT2D eigenvalue weighted by molar-refractivity contribution is 7.98. The predicted molar refractivity (Wildman–Crippen MR) is 126 cm³/mol. The van der Waals surface area contributed by atoms with Gasteiger partial charge in [0.2, 0.25) is 10.0 Å². The summed E-state index contributed by atoms with van der Waals surface area (Å²) in [6.07, 6.45) is 3.03. The molecule has 0 aromatic heterocycles. The van der Waals surface area contributed by atoms with Crippen molar-refractivity contribution >= 4 is 39.3 Å². The summed E-state index contributed by atoms with van der Waals surface area (Å²) >= 11 is 7.51. The van der Waals surface area contributed by atoms with Gasteiger partial charge in [0.05, 0.1) is 17.6 Å². The van der Waals surface area contributed by atoms with E-state index in [9.17, 15) is 13.2 Å². The van der Waals surface area contributed by atoms with E-state index in [1.165, 1.54) is 19.2 Å². The standard InChI is InChI=1S/C22H27ClN2O4S2/c1-29-21-10-9-19(15-20(21)22(26)25-12-3-2-4-13-25)31(27,28)24-11-14-30-16-17-5-7-18(23)8-6-17/h5-10,15,24H,2-4,11-14,16H2,1H3. The first-order chi connectivity index (χ1) is 14.9. The molecule has 2 aromatic carbocycles. The van der Waals surface area contributed by atoms with Crippen molar-refractivity contribution in [2.45, 2.75) is 29.9 Å². The molecule has 1 saturated heterocycles. The van der Waals surface area contributed by atoms with Crippen LogP contribution in [-0.2, 0) is 15.8 Å². The number of thioether (sulfide) groups is 1. The first-order valence-corrected chi connectivity index (χ1v) is 13.2. The minimum atomic E-state index is -3.73. The molecule has 0 spiro atoms. The van der Waals surface area contributed by atoms with Gasteiger partial charge in [-0.05, 0) is 55.2 Å². The number of halogens is 1. The second kappa shape index (κ2) is 11.2. The molecule has 0 saturated carbocycles. The van der Waals surface area contributed by atoms with Gasteiger partial charge in [0, 0.05) is 36.2 Å². The third-order valence-corrected chi connectivity index (χ3v) is 7.82. The average molecular weight is 483 g/mol. The van der Waals surface area contributed by atoms with Gasteiger partial charge in [0.1, 0.15) is 5.75 Å². The molecule has 2 aromatic rings. The summed E-state index contributed by atoms with van der Waals surface area (Å²) in [4.78, 5) is 14.8. The van der Waals surface area contributed by atoms with E-state index < -0.39 is 10.0 Å². The molecule has 6 nitrogen and oxygen atoms in total. The quantitative estimate of drug-likeness (QED) is 0.542. The van der Waals surface area contributed by atoms with Crippen LogP contribution >= 0.6 is 23.4 Å². The van der Waals surface area contributed by atoms with E-state index in [1.54, 1.807) is 22.7 Å². The third-order valence-electron chi connectivity index (χ3n) is 5.08. The number of likely N-dealkylation sites (tertiary alicyclic amines) is 1. The van der Waals surface area contributed by atoms with E-state index in [-0.39, 0.29) is 16.4 Å². The van der Waals surface area contributed by atoms with Crippen LogP contribution in [0.2, 0.25) is 5.02 Å². The van der Waals surface area contributed by atoms with Gasteiger partial charge in [-0.25, -0.2) is 13.1 Å². The number of nitrogens with one attached hydrogen (secondary N) is 1. The third kappa shape index (κ3) is 6.62. The Morgan fingerprint density at radius 1 is 1.13 bits per heavy atom. The predicted octanol–water partition coefficient (Wildman–Crippen LogP) is 4.19. The van der Waals surface area contributed by atoms with Gasteiger partial charge in [0.15, 0.2) is 0 Å². The van der Waals surface area contributed by atoms with Crippen molar-refractivity contribution < 1.29 is 17.9 Å². The zero-order valence-corrected chi connectivity index (χ0v) is 19.9.